The molecule has 1 aliphatic carbocycles. The summed E-state index contributed by atoms with van der Waals surface area (Å²) in [4.78, 5) is 6.05. The number of hydrogen-bond acceptors (Lipinski definition) is 1. The van der Waals surface area contributed by atoms with Crippen LogP contribution in [0.1, 0.15) is 25.0 Å². The maximum Gasteiger partial charge on any atom is 0.0540 e. The van der Waals surface area contributed by atoms with Gasteiger partial charge in [-0.15, -0.1) is 0 Å². The van der Waals surface area contributed by atoms with Crippen molar-refractivity contribution in [2.45, 2.75) is 19.3 Å². The van der Waals surface area contributed by atoms with E-state index < -0.39 is 0 Å². The first kappa shape index (κ1) is 27.1. The Hall–Kier alpha value is -6.06. The first-order chi connectivity index (χ1) is 23.5. The van der Waals surface area contributed by atoms with Gasteiger partial charge in [0.2, 0.25) is 0 Å². The molecule has 0 saturated heterocycles. The highest BCUT2D eigenvalue weighted by molar-refractivity contribution is 6.11. The van der Waals surface area contributed by atoms with Crippen molar-refractivity contribution in [3.63, 3.8) is 0 Å². The predicted octanol–water partition coefficient (Wildman–Crippen LogP) is 12.2. The SMILES string of the molecule is CC1(C)c2ccccc2-c2ccc(N(c3cccc(-n4ccc5cc6[nH]c7ccccc7c6cc54)c3)c3cccc4ccccc34)cc21. The van der Waals surface area contributed by atoms with Gasteiger partial charge in [0.05, 0.1) is 11.2 Å². The summed E-state index contributed by atoms with van der Waals surface area (Å²) in [5, 5.41) is 6.16. The summed E-state index contributed by atoms with van der Waals surface area (Å²) in [7, 11) is 0. The maximum absolute atomic E-state index is 3.61. The van der Waals surface area contributed by atoms with Crippen LogP contribution in [0.3, 0.4) is 0 Å². The first-order valence-electron chi connectivity index (χ1n) is 16.7. The molecule has 48 heavy (non-hydrogen) atoms. The molecule has 7 aromatic carbocycles. The third-order valence-electron chi connectivity index (χ3n) is 10.5. The zero-order valence-corrected chi connectivity index (χ0v) is 26.9. The summed E-state index contributed by atoms with van der Waals surface area (Å²) in [6, 6.07) is 55.6. The van der Waals surface area contributed by atoms with Crippen molar-refractivity contribution >= 4 is 60.5 Å². The summed E-state index contributed by atoms with van der Waals surface area (Å²) in [5.74, 6) is 0. The molecule has 0 bridgehead atoms. The molecule has 1 N–H and O–H groups in total. The fourth-order valence-corrected chi connectivity index (χ4v) is 8.15. The van der Waals surface area contributed by atoms with Gasteiger partial charge in [0.25, 0.3) is 0 Å². The highest BCUT2D eigenvalue weighted by Gasteiger charge is 2.35. The van der Waals surface area contributed by atoms with Crippen molar-refractivity contribution in [2.24, 2.45) is 0 Å². The minimum Gasteiger partial charge on any atom is -0.354 e. The zero-order chi connectivity index (χ0) is 32.0. The summed E-state index contributed by atoms with van der Waals surface area (Å²) in [6.45, 7) is 4.71. The van der Waals surface area contributed by atoms with Gasteiger partial charge in [-0.05, 0) is 88.3 Å². The molecule has 0 amide bonds. The number of hydrogen-bond donors (Lipinski definition) is 1. The van der Waals surface area contributed by atoms with E-state index in [0.29, 0.717) is 0 Å². The quantitative estimate of drug-likeness (QED) is 0.209. The molecule has 0 radical (unpaired) electrons. The molecule has 0 unspecified atom stereocenters. The third-order valence-corrected chi connectivity index (χ3v) is 10.5. The standard InChI is InChI=1S/C45H33N3/c1-45(2)39-18-7-5-16-35(39)36-22-21-33(27-40(36)45)48(43-20-9-12-29-11-3-4-15-34(29)43)32-14-10-13-31(26-32)47-24-23-30-25-42-38(28-44(30)47)37-17-6-8-19-41(37)46-42/h3-28,46H,1-2H3. The van der Waals surface area contributed by atoms with E-state index in [0.717, 1.165) is 22.7 Å². The molecule has 0 fully saturated rings. The molecule has 0 saturated carbocycles. The number of nitrogens with one attached hydrogen (secondary N) is 1. The zero-order valence-electron chi connectivity index (χ0n) is 26.9. The molecule has 2 aromatic heterocycles. The second-order valence-corrected chi connectivity index (χ2v) is 13.6. The Morgan fingerprint density at radius 3 is 2.21 bits per heavy atom. The fourth-order valence-electron chi connectivity index (χ4n) is 8.15. The van der Waals surface area contributed by atoms with Gasteiger partial charge in [-0.1, -0.05) is 105 Å². The largest absolute Gasteiger partial charge is 0.354 e. The Morgan fingerprint density at radius 2 is 1.27 bits per heavy atom. The molecule has 9 aromatic rings. The van der Waals surface area contributed by atoms with E-state index >= 15 is 0 Å². The average molecular weight is 616 g/mol. The van der Waals surface area contributed by atoms with Crippen LogP contribution >= 0.6 is 0 Å². The summed E-state index contributed by atoms with van der Waals surface area (Å²) < 4.78 is 2.32. The summed E-state index contributed by atoms with van der Waals surface area (Å²) in [5.41, 5.74) is 13.4. The number of nitrogens with zero attached hydrogens (tertiary/aromatic N) is 2. The molecule has 228 valence electrons. The second-order valence-electron chi connectivity index (χ2n) is 13.6. The molecule has 0 spiro atoms. The number of aromatic nitrogens is 2. The average Bonchev–Trinajstić information content (AvgIpc) is 3.77. The lowest BCUT2D eigenvalue weighted by Gasteiger charge is -2.29. The van der Waals surface area contributed by atoms with Gasteiger partial charge in [0.1, 0.15) is 0 Å². The van der Waals surface area contributed by atoms with Crippen LogP contribution in [0.4, 0.5) is 17.1 Å². The van der Waals surface area contributed by atoms with E-state index in [4.69, 9.17) is 0 Å². The van der Waals surface area contributed by atoms with Gasteiger partial charge in [0, 0.05) is 61.3 Å². The number of fused-ring (bicyclic) bond motifs is 8. The Bertz CT molecular complexity index is 2720. The molecular formula is C45H33N3. The van der Waals surface area contributed by atoms with Crippen molar-refractivity contribution in [3.05, 3.63) is 169 Å². The Balaban J connectivity index is 1.17. The van der Waals surface area contributed by atoms with Crippen LogP contribution in [0.15, 0.2) is 158 Å². The van der Waals surface area contributed by atoms with Gasteiger partial charge >= 0.3 is 0 Å². The van der Waals surface area contributed by atoms with Crippen LogP contribution < -0.4 is 4.90 Å². The fraction of sp³-hybridized carbons (Fsp3) is 0.0667. The minimum absolute atomic E-state index is 0.0913. The van der Waals surface area contributed by atoms with Crippen molar-refractivity contribution in [3.8, 4) is 16.8 Å². The molecule has 10 rings (SSSR count). The third kappa shape index (κ3) is 3.88. The van der Waals surface area contributed by atoms with Crippen molar-refractivity contribution in [1.29, 1.82) is 0 Å². The molecular weight excluding hydrogens is 583 g/mol. The number of H-pyrrole nitrogens is 1. The van der Waals surface area contributed by atoms with Crippen molar-refractivity contribution < 1.29 is 0 Å². The van der Waals surface area contributed by atoms with E-state index in [9.17, 15) is 0 Å². The predicted molar refractivity (Wildman–Crippen MR) is 202 cm³/mol. The summed E-state index contributed by atoms with van der Waals surface area (Å²) in [6.07, 6.45) is 2.20. The van der Waals surface area contributed by atoms with Gasteiger partial charge < -0.3 is 14.5 Å². The molecule has 0 atom stereocenters. The van der Waals surface area contributed by atoms with Crippen molar-refractivity contribution in [2.75, 3.05) is 4.90 Å². The number of aromatic amines is 1. The smallest absolute Gasteiger partial charge is 0.0540 e. The maximum atomic E-state index is 3.61. The summed E-state index contributed by atoms with van der Waals surface area (Å²) >= 11 is 0. The van der Waals surface area contributed by atoms with E-state index in [1.807, 2.05) is 0 Å². The van der Waals surface area contributed by atoms with Crippen LogP contribution in [0, 0.1) is 0 Å². The van der Waals surface area contributed by atoms with Gasteiger partial charge in [-0.2, -0.15) is 0 Å². The van der Waals surface area contributed by atoms with Crippen LogP contribution in [-0.4, -0.2) is 9.55 Å². The van der Waals surface area contributed by atoms with E-state index in [1.165, 1.54) is 65.7 Å². The molecule has 0 aliphatic heterocycles. The van der Waals surface area contributed by atoms with Gasteiger partial charge in [0.15, 0.2) is 0 Å². The Labute approximate surface area is 279 Å². The lowest BCUT2D eigenvalue weighted by molar-refractivity contribution is 0.660. The number of rotatable bonds is 4. The van der Waals surface area contributed by atoms with E-state index in [2.05, 4.69) is 186 Å². The number of benzene rings is 7. The first-order valence-corrected chi connectivity index (χ1v) is 16.7. The minimum atomic E-state index is -0.0913. The van der Waals surface area contributed by atoms with E-state index in [-0.39, 0.29) is 5.41 Å². The highest BCUT2D eigenvalue weighted by Crippen LogP contribution is 2.51. The molecule has 3 nitrogen and oxygen atoms in total. The van der Waals surface area contributed by atoms with Crippen molar-refractivity contribution in [1.82, 2.24) is 9.55 Å². The molecule has 1 aliphatic rings. The normalized spacial score (nSPS) is 13.4. The van der Waals surface area contributed by atoms with Gasteiger partial charge in [-0.25, -0.2) is 0 Å². The van der Waals surface area contributed by atoms with Crippen LogP contribution in [0.5, 0.6) is 0 Å². The Kier molecular flexibility index (Phi) is 5.63. The van der Waals surface area contributed by atoms with Crippen LogP contribution in [-0.2, 0) is 5.41 Å². The highest BCUT2D eigenvalue weighted by atomic mass is 15.1. The van der Waals surface area contributed by atoms with Gasteiger partial charge in [-0.3, -0.25) is 0 Å². The topological polar surface area (TPSA) is 24.0 Å². The Morgan fingerprint density at radius 1 is 0.521 bits per heavy atom. The van der Waals surface area contributed by atoms with Crippen LogP contribution in [0.25, 0.3) is 60.3 Å². The number of para-hydroxylation sites is 1. The second kappa shape index (κ2) is 9.97. The lowest BCUT2D eigenvalue weighted by Crippen LogP contribution is -2.16. The number of anilines is 3. The lowest BCUT2D eigenvalue weighted by atomic mass is 9.82. The van der Waals surface area contributed by atoms with Crippen LogP contribution in [0.2, 0.25) is 0 Å². The van der Waals surface area contributed by atoms with E-state index in [1.54, 1.807) is 0 Å². The monoisotopic (exact) mass is 615 g/mol. The molecule has 3 heteroatoms. The molecule has 2 heterocycles.